The molecule has 1 saturated heterocycles. The summed E-state index contributed by atoms with van der Waals surface area (Å²) in [7, 11) is 0. The van der Waals surface area contributed by atoms with Crippen LogP contribution in [0.4, 0.5) is 0 Å². The summed E-state index contributed by atoms with van der Waals surface area (Å²) in [6.45, 7) is 3.67. The fourth-order valence-electron chi connectivity index (χ4n) is 2.90. The van der Waals surface area contributed by atoms with Crippen LogP contribution in [0.15, 0.2) is 0 Å². The molecule has 1 N–H and O–H groups in total. The van der Waals surface area contributed by atoms with Crippen molar-refractivity contribution in [2.75, 3.05) is 18.1 Å². The summed E-state index contributed by atoms with van der Waals surface area (Å²) in [4.78, 5) is 0. The zero-order valence-electron chi connectivity index (χ0n) is 10.0. The summed E-state index contributed by atoms with van der Waals surface area (Å²) in [5, 5.41) is 3.78. The van der Waals surface area contributed by atoms with E-state index in [0.717, 1.165) is 17.9 Å². The summed E-state index contributed by atoms with van der Waals surface area (Å²) in [5.41, 5.74) is 0. The summed E-state index contributed by atoms with van der Waals surface area (Å²) in [6.07, 6.45) is 8.78. The van der Waals surface area contributed by atoms with Crippen LogP contribution in [0.2, 0.25) is 0 Å². The highest BCUT2D eigenvalue weighted by molar-refractivity contribution is 7.99. The molecule has 2 fully saturated rings. The number of rotatable bonds is 4. The molecule has 0 aromatic rings. The van der Waals surface area contributed by atoms with Gasteiger partial charge in [-0.1, -0.05) is 19.3 Å². The third-order valence-electron chi connectivity index (χ3n) is 4.11. The lowest BCUT2D eigenvalue weighted by Crippen LogP contribution is -2.37. The molecule has 2 heteroatoms. The lowest BCUT2D eigenvalue weighted by molar-refractivity contribution is 0.274. The van der Waals surface area contributed by atoms with E-state index in [4.69, 9.17) is 0 Å². The van der Waals surface area contributed by atoms with Gasteiger partial charge >= 0.3 is 0 Å². The van der Waals surface area contributed by atoms with Crippen molar-refractivity contribution >= 4 is 11.8 Å². The van der Waals surface area contributed by atoms with Gasteiger partial charge < -0.3 is 5.32 Å². The maximum atomic E-state index is 3.78. The average molecular weight is 227 g/mol. The van der Waals surface area contributed by atoms with Crippen molar-refractivity contribution < 1.29 is 0 Å². The molecule has 0 spiro atoms. The van der Waals surface area contributed by atoms with Crippen molar-refractivity contribution in [3.8, 4) is 0 Å². The Morgan fingerprint density at radius 2 is 2.00 bits per heavy atom. The lowest BCUT2D eigenvalue weighted by Gasteiger charge is -2.29. The van der Waals surface area contributed by atoms with E-state index >= 15 is 0 Å². The molecule has 1 saturated carbocycles. The Bertz CT molecular complexity index is 171. The van der Waals surface area contributed by atoms with Gasteiger partial charge in [0.15, 0.2) is 0 Å². The SMILES string of the molecule is C[C@@H](NCC1CCSC1)C1CCCCC1. The van der Waals surface area contributed by atoms with Gasteiger partial charge in [-0.3, -0.25) is 0 Å². The molecule has 0 aromatic heterocycles. The monoisotopic (exact) mass is 227 g/mol. The third kappa shape index (κ3) is 3.67. The van der Waals surface area contributed by atoms with E-state index in [-0.39, 0.29) is 0 Å². The zero-order chi connectivity index (χ0) is 10.5. The first-order chi connectivity index (χ1) is 7.36. The fraction of sp³-hybridized carbons (Fsp3) is 1.00. The molecule has 2 rings (SSSR count). The Morgan fingerprint density at radius 1 is 1.20 bits per heavy atom. The van der Waals surface area contributed by atoms with Gasteiger partial charge in [0, 0.05) is 6.04 Å². The fourth-order valence-corrected chi connectivity index (χ4v) is 4.18. The van der Waals surface area contributed by atoms with Crippen LogP contribution in [-0.2, 0) is 0 Å². The number of hydrogen-bond acceptors (Lipinski definition) is 2. The molecule has 0 radical (unpaired) electrons. The molecule has 0 amide bonds. The van der Waals surface area contributed by atoms with Crippen LogP contribution in [-0.4, -0.2) is 24.1 Å². The minimum atomic E-state index is 0.760. The smallest absolute Gasteiger partial charge is 0.00671 e. The van der Waals surface area contributed by atoms with Gasteiger partial charge in [0.25, 0.3) is 0 Å². The molecular formula is C13H25NS. The molecule has 1 aliphatic heterocycles. The lowest BCUT2D eigenvalue weighted by atomic mass is 9.84. The molecule has 2 aliphatic rings. The topological polar surface area (TPSA) is 12.0 Å². The first-order valence-electron chi connectivity index (χ1n) is 6.67. The highest BCUT2D eigenvalue weighted by atomic mass is 32.2. The Hall–Kier alpha value is 0.310. The quantitative estimate of drug-likeness (QED) is 0.791. The van der Waals surface area contributed by atoms with E-state index in [1.54, 1.807) is 0 Å². The van der Waals surface area contributed by atoms with Gasteiger partial charge in [-0.25, -0.2) is 0 Å². The molecule has 1 heterocycles. The number of thioether (sulfide) groups is 1. The predicted octanol–water partition coefficient (Wildman–Crippen LogP) is 3.30. The molecule has 1 aliphatic carbocycles. The second-order valence-corrected chi connectivity index (χ2v) is 6.47. The van der Waals surface area contributed by atoms with Crippen LogP contribution in [0.5, 0.6) is 0 Å². The van der Waals surface area contributed by atoms with Crippen molar-refractivity contribution in [1.29, 1.82) is 0 Å². The average Bonchev–Trinajstić information content (AvgIpc) is 2.80. The van der Waals surface area contributed by atoms with Crippen molar-refractivity contribution in [2.24, 2.45) is 11.8 Å². The van der Waals surface area contributed by atoms with Gasteiger partial charge in [0.2, 0.25) is 0 Å². The second kappa shape index (κ2) is 6.15. The van der Waals surface area contributed by atoms with Gasteiger partial charge in [0.1, 0.15) is 0 Å². The van der Waals surface area contributed by atoms with Gasteiger partial charge in [-0.05, 0) is 56.1 Å². The van der Waals surface area contributed by atoms with Crippen molar-refractivity contribution in [1.82, 2.24) is 5.32 Å². The van der Waals surface area contributed by atoms with E-state index < -0.39 is 0 Å². The van der Waals surface area contributed by atoms with Crippen molar-refractivity contribution in [3.05, 3.63) is 0 Å². The van der Waals surface area contributed by atoms with Crippen LogP contribution in [0.3, 0.4) is 0 Å². The second-order valence-electron chi connectivity index (χ2n) is 5.32. The van der Waals surface area contributed by atoms with Crippen LogP contribution in [0.25, 0.3) is 0 Å². The van der Waals surface area contributed by atoms with Gasteiger partial charge in [-0.15, -0.1) is 0 Å². The standard InChI is InChI=1S/C13H25NS/c1-11(13-5-3-2-4-6-13)14-9-12-7-8-15-10-12/h11-14H,2-10H2,1H3/t11-,12?/m1/s1. The molecular weight excluding hydrogens is 202 g/mol. The summed E-state index contributed by atoms with van der Waals surface area (Å²) < 4.78 is 0. The highest BCUT2D eigenvalue weighted by Crippen LogP contribution is 2.27. The van der Waals surface area contributed by atoms with E-state index in [1.807, 2.05) is 0 Å². The third-order valence-corrected chi connectivity index (χ3v) is 5.34. The maximum Gasteiger partial charge on any atom is 0.00671 e. The number of hydrogen-bond donors (Lipinski definition) is 1. The van der Waals surface area contributed by atoms with E-state index in [9.17, 15) is 0 Å². The van der Waals surface area contributed by atoms with Crippen LogP contribution >= 0.6 is 11.8 Å². The Kier molecular flexibility index (Phi) is 4.83. The molecule has 0 bridgehead atoms. The minimum Gasteiger partial charge on any atom is -0.314 e. The number of nitrogens with one attached hydrogen (secondary N) is 1. The first kappa shape index (κ1) is 11.8. The van der Waals surface area contributed by atoms with E-state index in [1.165, 1.54) is 56.6 Å². The van der Waals surface area contributed by atoms with E-state index in [0.29, 0.717) is 0 Å². The Balaban J connectivity index is 1.64. The van der Waals surface area contributed by atoms with E-state index in [2.05, 4.69) is 24.0 Å². The molecule has 1 nitrogen and oxygen atoms in total. The zero-order valence-corrected chi connectivity index (χ0v) is 10.8. The van der Waals surface area contributed by atoms with Crippen molar-refractivity contribution in [3.63, 3.8) is 0 Å². The molecule has 88 valence electrons. The molecule has 2 atom stereocenters. The molecule has 1 unspecified atom stereocenters. The Labute approximate surface area is 98.8 Å². The van der Waals surface area contributed by atoms with Crippen molar-refractivity contribution in [2.45, 2.75) is 51.5 Å². The summed E-state index contributed by atoms with van der Waals surface area (Å²) >= 11 is 2.13. The normalized spacial score (nSPS) is 30.6. The van der Waals surface area contributed by atoms with Crippen LogP contribution in [0, 0.1) is 11.8 Å². The maximum absolute atomic E-state index is 3.78. The first-order valence-corrected chi connectivity index (χ1v) is 7.83. The van der Waals surface area contributed by atoms with Crippen LogP contribution in [0.1, 0.15) is 45.4 Å². The molecule has 15 heavy (non-hydrogen) atoms. The van der Waals surface area contributed by atoms with Gasteiger partial charge in [-0.2, -0.15) is 11.8 Å². The minimum absolute atomic E-state index is 0.760. The summed E-state index contributed by atoms with van der Waals surface area (Å²) in [5.74, 6) is 4.71. The molecule has 0 aromatic carbocycles. The largest absolute Gasteiger partial charge is 0.314 e. The van der Waals surface area contributed by atoms with Crippen LogP contribution < -0.4 is 5.32 Å². The predicted molar refractivity (Wildman–Crippen MR) is 69.5 cm³/mol. The van der Waals surface area contributed by atoms with Gasteiger partial charge in [0.05, 0.1) is 0 Å². The summed E-state index contributed by atoms with van der Waals surface area (Å²) in [6, 6.07) is 0.760. The Morgan fingerprint density at radius 3 is 2.67 bits per heavy atom. The highest BCUT2D eigenvalue weighted by Gasteiger charge is 2.21.